The van der Waals surface area contributed by atoms with Crippen molar-refractivity contribution in [1.29, 1.82) is 0 Å². The van der Waals surface area contributed by atoms with E-state index in [4.69, 9.17) is 22.2 Å². The molecule has 10 nitrogen and oxygen atoms in total. The van der Waals surface area contributed by atoms with Gasteiger partial charge in [0.05, 0.1) is 17.8 Å². The van der Waals surface area contributed by atoms with Gasteiger partial charge in [-0.1, -0.05) is 6.92 Å². The molecule has 4 aliphatic rings. The second-order valence-electron chi connectivity index (χ2n) is 7.58. The molecular formula is C15H21N9O. The van der Waals surface area contributed by atoms with Gasteiger partial charge in [-0.2, -0.15) is 0 Å². The Bertz CT molecular complexity index is 857. The Labute approximate surface area is 143 Å². The maximum Gasteiger partial charge on any atom is 0.198 e. The van der Waals surface area contributed by atoms with Crippen molar-refractivity contribution in [3.63, 3.8) is 0 Å². The number of carbonyl (C=O) groups is 1. The van der Waals surface area contributed by atoms with Crippen molar-refractivity contribution in [3.8, 4) is 0 Å². The van der Waals surface area contributed by atoms with E-state index in [-0.39, 0.29) is 29.6 Å². The summed E-state index contributed by atoms with van der Waals surface area (Å²) in [6.45, 7) is 2.67. The molecule has 1 aromatic heterocycles. The van der Waals surface area contributed by atoms with E-state index in [0.717, 1.165) is 6.42 Å². The Hall–Kier alpha value is -2.78. The van der Waals surface area contributed by atoms with Gasteiger partial charge < -0.3 is 32.8 Å². The summed E-state index contributed by atoms with van der Waals surface area (Å²) in [5.74, 6) is 1.24. The molecule has 1 aromatic rings. The topological polar surface area (TPSA) is 173 Å². The molecule has 10 heteroatoms. The molecular weight excluding hydrogens is 322 g/mol. The third-order valence-corrected chi connectivity index (χ3v) is 6.39. The normalized spacial score (nSPS) is 41.3. The number of anilines is 1. The number of imidazole rings is 1. The number of ketones is 1. The molecule has 3 heterocycles. The number of hydrogen-bond donors (Lipinski definition) is 6. The van der Waals surface area contributed by atoms with Crippen LogP contribution in [-0.4, -0.2) is 45.8 Å². The minimum atomic E-state index is -0.655. The van der Waals surface area contributed by atoms with E-state index in [2.05, 4.69) is 32.5 Å². The third kappa shape index (κ3) is 1.55. The molecule has 132 valence electrons. The fourth-order valence-corrected chi connectivity index (χ4v) is 5.32. The first-order valence-electron chi connectivity index (χ1n) is 8.45. The zero-order valence-corrected chi connectivity index (χ0v) is 13.8. The van der Waals surface area contributed by atoms with Gasteiger partial charge in [0.1, 0.15) is 17.3 Å². The first-order valence-corrected chi connectivity index (χ1v) is 8.45. The molecule has 0 bridgehead atoms. The van der Waals surface area contributed by atoms with Crippen LogP contribution in [0.3, 0.4) is 0 Å². The first kappa shape index (κ1) is 14.6. The number of hydrogen-bond acceptors (Lipinski definition) is 9. The molecule has 2 aliphatic carbocycles. The van der Waals surface area contributed by atoms with E-state index in [1.54, 1.807) is 0 Å². The molecule has 1 fully saturated rings. The molecule has 9 N–H and O–H groups in total. The minimum Gasteiger partial charge on any atom is -0.370 e. The maximum atomic E-state index is 12.6. The highest BCUT2D eigenvalue weighted by Gasteiger charge is 2.68. The first-order chi connectivity index (χ1) is 11.9. The van der Waals surface area contributed by atoms with E-state index < -0.39 is 11.1 Å². The number of rotatable bonds is 0. The van der Waals surface area contributed by atoms with Gasteiger partial charge in [-0.05, 0) is 18.3 Å². The van der Waals surface area contributed by atoms with Gasteiger partial charge in [0.25, 0.3) is 0 Å². The minimum absolute atomic E-state index is 0.00268. The van der Waals surface area contributed by atoms with Gasteiger partial charge in [0, 0.05) is 6.42 Å². The number of aromatic amines is 1. The van der Waals surface area contributed by atoms with E-state index in [0.29, 0.717) is 36.3 Å². The van der Waals surface area contributed by atoms with Gasteiger partial charge in [0.15, 0.2) is 23.7 Å². The summed E-state index contributed by atoms with van der Waals surface area (Å²) in [5.41, 5.74) is 17.9. The number of fused-ring (bicyclic) bond motifs is 2. The van der Waals surface area contributed by atoms with Crippen LogP contribution in [0.5, 0.6) is 0 Å². The Morgan fingerprint density at radius 2 is 2.00 bits per heavy atom. The molecule has 2 aliphatic heterocycles. The summed E-state index contributed by atoms with van der Waals surface area (Å²) < 4.78 is 0. The van der Waals surface area contributed by atoms with Gasteiger partial charge in [0.2, 0.25) is 0 Å². The molecule has 1 saturated carbocycles. The van der Waals surface area contributed by atoms with E-state index in [1.165, 1.54) is 0 Å². The molecule has 5 rings (SSSR count). The second-order valence-corrected chi connectivity index (χ2v) is 7.58. The number of H-pyrrole nitrogens is 1. The van der Waals surface area contributed by atoms with Crippen LogP contribution in [0.2, 0.25) is 0 Å². The van der Waals surface area contributed by atoms with Crippen molar-refractivity contribution in [2.75, 3.05) is 12.3 Å². The zero-order valence-electron chi connectivity index (χ0n) is 13.8. The average Bonchev–Trinajstić information content (AvgIpc) is 3.21. The Morgan fingerprint density at radius 3 is 2.72 bits per heavy atom. The van der Waals surface area contributed by atoms with Crippen molar-refractivity contribution < 1.29 is 4.79 Å². The van der Waals surface area contributed by atoms with Gasteiger partial charge in [-0.3, -0.25) is 9.79 Å². The average molecular weight is 343 g/mol. The van der Waals surface area contributed by atoms with Crippen molar-refractivity contribution >= 4 is 23.7 Å². The lowest BCUT2D eigenvalue weighted by Gasteiger charge is -2.56. The standard InChI is InChI=1S/C15H21N9O/c1-5-2-6-3-7(25)8-9(21-12(17)20-8)15(6)10(22-13(18)24-15)14(5)4-19-11(16)23-14/h5-6,10H,2-4H2,1H3,(H3,16,19,23)(H3,17,20,21)(H3,18,22,24)/t5-,6+,10-,14?,15-/m1/s1. The van der Waals surface area contributed by atoms with Crippen LogP contribution in [0.15, 0.2) is 9.98 Å². The summed E-state index contributed by atoms with van der Waals surface area (Å²) in [6, 6.07) is -0.273. The lowest BCUT2D eigenvalue weighted by molar-refractivity contribution is 0.0231. The number of nitrogen functional groups attached to an aromatic ring is 1. The SMILES string of the molecule is C[C@@H]1C[C@H]2CC(=O)c3nc(N)[nH]c3[C@]23NC(N)=N[C@@H]3C12CN=C(N)N2. The highest BCUT2D eigenvalue weighted by atomic mass is 16.1. The number of nitrogens with one attached hydrogen (secondary N) is 3. The molecule has 1 unspecified atom stereocenters. The maximum absolute atomic E-state index is 12.6. The lowest BCUT2D eigenvalue weighted by Crippen LogP contribution is -2.73. The highest BCUT2D eigenvalue weighted by Crippen LogP contribution is 2.56. The number of carbonyl (C=O) groups excluding carboxylic acids is 1. The van der Waals surface area contributed by atoms with Crippen LogP contribution >= 0.6 is 0 Å². The Balaban J connectivity index is 1.74. The fourth-order valence-electron chi connectivity index (χ4n) is 5.32. The molecule has 0 radical (unpaired) electrons. The summed E-state index contributed by atoms with van der Waals surface area (Å²) in [6.07, 6.45) is 1.20. The summed E-state index contributed by atoms with van der Waals surface area (Å²) in [4.78, 5) is 29.0. The zero-order chi connectivity index (χ0) is 17.6. The Morgan fingerprint density at radius 1 is 1.20 bits per heavy atom. The third-order valence-electron chi connectivity index (χ3n) is 6.39. The summed E-state index contributed by atoms with van der Waals surface area (Å²) in [7, 11) is 0. The van der Waals surface area contributed by atoms with Crippen LogP contribution < -0.4 is 27.8 Å². The molecule has 2 spiro atoms. The quantitative estimate of drug-likeness (QED) is 0.328. The van der Waals surface area contributed by atoms with Crippen molar-refractivity contribution in [1.82, 2.24) is 20.6 Å². The summed E-state index contributed by atoms with van der Waals surface area (Å²) >= 11 is 0. The van der Waals surface area contributed by atoms with Crippen molar-refractivity contribution in [2.45, 2.75) is 36.9 Å². The molecule has 0 saturated heterocycles. The monoisotopic (exact) mass is 343 g/mol. The van der Waals surface area contributed by atoms with Crippen LogP contribution in [0.4, 0.5) is 5.95 Å². The van der Waals surface area contributed by atoms with Gasteiger partial charge >= 0.3 is 0 Å². The molecule has 0 amide bonds. The van der Waals surface area contributed by atoms with E-state index in [1.807, 2.05) is 0 Å². The number of nitrogens with two attached hydrogens (primary N) is 3. The number of guanidine groups is 2. The van der Waals surface area contributed by atoms with Crippen LogP contribution in [0.25, 0.3) is 0 Å². The second kappa shape index (κ2) is 4.24. The van der Waals surface area contributed by atoms with Gasteiger partial charge in [-0.25, -0.2) is 9.98 Å². The number of aliphatic imine (C=N–C) groups is 2. The Kier molecular flexibility index (Phi) is 2.47. The van der Waals surface area contributed by atoms with Crippen molar-refractivity contribution in [3.05, 3.63) is 11.4 Å². The molecule has 5 atom stereocenters. The molecule has 0 aromatic carbocycles. The smallest absolute Gasteiger partial charge is 0.198 e. The van der Waals surface area contributed by atoms with E-state index >= 15 is 0 Å². The predicted molar refractivity (Wildman–Crippen MR) is 91.8 cm³/mol. The van der Waals surface area contributed by atoms with E-state index in [9.17, 15) is 4.79 Å². The number of nitrogens with zero attached hydrogens (tertiary/aromatic N) is 3. The number of Topliss-reactive ketones (excluding diaryl/α,β-unsaturated/α-hetero) is 1. The van der Waals surface area contributed by atoms with Crippen LogP contribution in [0, 0.1) is 11.8 Å². The van der Waals surface area contributed by atoms with Crippen LogP contribution in [0.1, 0.15) is 35.9 Å². The highest BCUT2D eigenvalue weighted by molar-refractivity contribution is 5.99. The van der Waals surface area contributed by atoms with Crippen LogP contribution in [-0.2, 0) is 5.54 Å². The summed E-state index contributed by atoms with van der Waals surface area (Å²) in [5, 5.41) is 6.73. The largest absolute Gasteiger partial charge is 0.370 e. The van der Waals surface area contributed by atoms with Crippen molar-refractivity contribution in [2.24, 2.45) is 33.3 Å². The molecule has 25 heavy (non-hydrogen) atoms. The predicted octanol–water partition coefficient (Wildman–Crippen LogP) is -1.63. The lowest BCUT2D eigenvalue weighted by atomic mass is 9.54. The number of aromatic nitrogens is 2. The fraction of sp³-hybridized carbons (Fsp3) is 0.600. The van der Waals surface area contributed by atoms with Gasteiger partial charge in [-0.15, -0.1) is 0 Å².